The van der Waals surface area contributed by atoms with Gasteiger partial charge < -0.3 is 0 Å². The van der Waals surface area contributed by atoms with E-state index in [9.17, 15) is 9.59 Å². The first-order chi connectivity index (χ1) is 6.74. The molecule has 0 fully saturated rings. The molecule has 2 aromatic rings. The molecule has 14 heavy (non-hydrogen) atoms. The van der Waals surface area contributed by atoms with Crippen LogP contribution in [-0.2, 0) is 0 Å². The van der Waals surface area contributed by atoms with Crippen molar-refractivity contribution in [2.45, 2.75) is 0 Å². The minimum Gasteiger partial charge on any atom is -0.267 e. The van der Waals surface area contributed by atoms with Gasteiger partial charge in [0.25, 0.3) is 11.1 Å². The van der Waals surface area contributed by atoms with Gasteiger partial charge in [-0.25, -0.2) is 0 Å². The van der Waals surface area contributed by atoms with E-state index in [4.69, 9.17) is 5.39 Å². The van der Waals surface area contributed by atoms with Gasteiger partial charge in [0.2, 0.25) is 5.39 Å². The second kappa shape index (κ2) is 2.81. The molecule has 0 saturated carbocycles. The number of fused-ring (bicyclic) bond motifs is 1. The van der Waals surface area contributed by atoms with Crippen molar-refractivity contribution in [3.63, 3.8) is 0 Å². The highest BCUT2D eigenvalue weighted by Crippen LogP contribution is 2.19. The van der Waals surface area contributed by atoms with Crippen molar-refractivity contribution in [3.05, 3.63) is 43.9 Å². The number of hydrogen-bond donors (Lipinski definition) is 2. The molecule has 1 heterocycles. The molecule has 0 saturated heterocycles. The number of aromatic nitrogens is 2. The van der Waals surface area contributed by atoms with Crippen molar-refractivity contribution >= 4 is 16.5 Å². The lowest BCUT2D eigenvalue weighted by atomic mass is 10.1. The summed E-state index contributed by atoms with van der Waals surface area (Å²) in [4.78, 5) is 25.5. The summed E-state index contributed by atoms with van der Waals surface area (Å²) in [5, 5.41) is 13.2. The van der Waals surface area contributed by atoms with Crippen LogP contribution in [0.1, 0.15) is 0 Å². The second-order valence-corrected chi connectivity index (χ2v) is 2.71. The normalized spacial score (nSPS) is 9.93. The highest BCUT2D eigenvalue weighted by Gasteiger charge is 2.15. The van der Waals surface area contributed by atoms with Crippen molar-refractivity contribution in [2.75, 3.05) is 0 Å². The molecule has 0 radical (unpaired) electrons. The molecule has 6 nitrogen and oxygen atoms in total. The predicted octanol–water partition coefficient (Wildman–Crippen LogP) is 0.701. The Morgan fingerprint density at radius 3 is 2.57 bits per heavy atom. The highest BCUT2D eigenvalue weighted by molar-refractivity contribution is 5.92. The van der Waals surface area contributed by atoms with E-state index in [1.165, 1.54) is 18.2 Å². The molecule has 2 N–H and O–H groups in total. The number of aromatic amines is 2. The highest BCUT2D eigenvalue weighted by atomic mass is 16.1. The Morgan fingerprint density at radius 2 is 1.86 bits per heavy atom. The summed E-state index contributed by atoms with van der Waals surface area (Å²) in [5.74, 6) is 0. The zero-order valence-corrected chi connectivity index (χ0v) is 6.94. The first-order valence-corrected chi connectivity index (χ1v) is 3.83. The van der Waals surface area contributed by atoms with Gasteiger partial charge in [-0.1, -0.05) is 6.07 Å². The third-order valence-corrected chi connectivity index (χ3v) is 1.91. The molecule has 1 aromatic heterocycles. The van der Waals surface area contributed by atoms with E-state index in [0.29, 0.717) is 0 Å². The van der Waals surface area contributed by atoms with E-state index in [0.717, 1.165) is 0 Å². The summed E-state index contributed by atoms with van der Waals surface area (Å²) in [6.07, 6.45) is 0. The van der Waals surface area contributed by atoms with Crippen LogP contribution >= 0.6 is 0 Å². The standard InChI is InChI=1S/C8H4N4O2/c9-10-5-3-1-2-4-6(5)8(14)12-11-7(4)13/h1-3,9H/p+1. The van der Waals surface area contributed by atoms with Gasteiger partial charge >= 0.3 is 5.69 Å². The number of benzene rings is 1. The van der Waals surface area contributed by atoms with E-state index < -0.39 is 11.1 Å². The third kappa shape index (κ3) is 0.998. The molecule has 0 aliphatic rings. The third-order valence-electron chi connectivity index (χ3n) is 1.91. The minimum atomic E-state index is -0.493. The molecule has 0 spiro atoms. The quantitative estimate of drug-likeness (QED) is 0.597. The van der Waals surface area contributed by atoms with Crippen molar-refractivity contribution in [3.8, 4) is 0 Å². The van der Waals surface area contributed by atoms with E-state index in [2.05, 4.69) is 15.2 Å². The summed E-state index contributed by atoms with van der Waals surface area (Å²) >= 11 is 0. The molecule has 0 amide bonds. The van der Waals surface area contributed by atoms with Gasteiger partial charge in [0.1, 0.15) is 5.39 Å². The zero-order valence-electron chi connectivity index (χ0n) is 6.94. The van der Waals surface area contributed by atoms with E-state index in [1.54, 1.807) is 0 Å². The second-order valence-electron chi connectivity index (χ2n) is 2.71. The summed E-state index contributed by atoms with van der Waals surface area (Å²) in [7, 11) is 0. The molecule has 0 atom stereocenters. The Kier molecular flexibility index (Phi) is 1.65. The molecular weight excluding hydrogens is 184 g/mol. The molecule has 0 aliphatic carbocycles. The maximum absolute atomic E-state index is 11.3. The van der Waals surface area contributed by atoms with Crippen molar-refractivity contribution in [2.24, 2.45) is 0 Å². The molecule has 0 bridgehead atoms. The van der Waals surface area contributed by atoms with Crippen LogP contribution < -0.4 is 11.1 Å². The van der Waals surface area contributed by atoms with Crippen LogP contribution in [-0.4, -0.2) is 10.2 Å². The Hall–Kier alpha value is -2.42. The molecule has 6 heteroatoms. The molecular formula is C8H5N4O2+. The van der Waals surface area contributed by atoms with Crippen LogP contribution in [0.2, 0.25) is 0 Å². The maximum atomic E-state index is 11.3. The fraction of sp³-hybridized carbons (Fsp3) is 0. The summed E-state index contributed by atoms with van der Waals surface area (Å²) in [5.41, 5.74) is -0.840. The smallest absolute Gasteiger partial charge is 0.267 e. The van der Waals surface area contributed by atoms with Gasteiger partial charge in [-0.15, -0.1) is 0 Å². The number of diazo groups is 1. The first kappa shape index (κ1) is 8.19. The lowest BCUT2D eigenvalue weighted by Crippen LogP contribution is -2.18. The van der Waals surface area contributed by atoms with Crippen LogP contribution in [0.3, 0.4) is 0 Å². The monoisotopic (exact) mass is 189 g/mol. The Labute approximate surface area is 76.8 Å². The van der Waals surface area contributed by atoms with Crippen molar-refractivity contribution in [1.82, 2.24) is 10.2 Å². The average Bonchev–Trinajstić information content (AvgIpc) is 2.23. The van der Waals surface area contributed by atoms with Crippen molar-refractivity contribution < 1.29 is 0 Å². The van der Waals surface area contributed by atoms with Gasteiger partial charge in [-0.3, -0.25) is 19.8 Å². The number of H-pyrrole nitrogens is 2. The fourth-order valence-corrected chi connectivity index (χ4v) is 1.29. The number of nitrogens with one attached hydrogen (secondary N) is 2. The van der Waals surface area contributed by atoms with Crippen LogP contribution in [0.15, 0.2) is 27.8 Å². The number of hydrogen-bond acceptors (Lipinski definition) is 3. The molecule has 0 unspecified atom stereocenters. The number of nitrogens with zero attached hydrogens (tertiary/aromatic N) is 2. The lowest BCUT2D eigenvalue weighted by molar-refractivity contribution is 0.977. The molecule has 68 valence electrons. The molecule has 0 aliphatic heterocycles. The van der Waals surface area contributed by atoms with E-state index in [-0.39, 0.29) is 16.5 Å². The van der Waals surface area contributed by atoms with E-state index >= 15 is 0 Å². The first-order valence-electron chi connectivity index (χ1n) is 3.83. The predicted molar refractivity (Wildman–Crippen MR) is 49.9 cm³/mol. The lowest BCUT2D eigenvalue weighted by Gasteiger charge is -1.90. The van der Waals surface area contributed by atoms with Crippen LogP contribution in [0.5, 0.6) is 0 Å². The van der Waals surface area contributed by atoms with Gasteiger partial charge in [0.15, 0.2) is 4.98 Å². The summed E-state index contributed by atoms with van der Waals surface area (Å²) in [6.45, 7) is 0. The molecule has 1 aromatic carbocycles. The Bertz CT molecular complexity index is 647. The SMILES string of the molecule is N#[N+]c1cccc2c(=O)[nH][nH]c(=O)c12. The number of rotatable bonds is 0. The molecule has 2 rings (SSSR count). The van der Waals surface area contributed by atoms with Crippen LogP contribution in [0.4, 0.5) is 5.69 Å². The van der Waals surface area contributed by atoms with Gasteiger partial charge in [0, 0.05) is 6.07 Å². The topological polar surface area (TPSA) is 93.9 Å². The summed E-state index contributed by atoms with van der Waals surface area (Å²) < 4.78 is 0. The minimum absolute atomic E-state index is 0.0786. The van der Waals surface area contributed by atoms with Gasteiger partial charge in [-0.2, -0.15) is 0 Å². The fourth-order valence-electron chi connectivity index (χ4n) is 1.29. The van der Waals surface area contributed by atoms with Crippen molar-refractivity contribution in [1.29, 1.82) is 5.39 Å². The largest absolute Gasteiger partial charge is 0.398 e. The average molecular weight is 189 g/mol. The Morgan fingerprint density at radius 1 is 1.14 bits per heavy atom. The van der Waals surface area contributed by atoms with E-state index in [1.807, 2.05) is 0 Å². The van der Waals surface area contributed by atoms with Gasteiger partial charge in [0.05, 0.1) is 5.39 Å². The van der Waals surface area contributed by atoms with Crippen LogP contribution in [0, 0.1) is 5.39 Å². The van der Waals surface area contributed by atoms with Crippen LogP contribution in [0.25, 0.3) is 15.7 Å². The van der Waals surface area contributed by atoms with Gasteiger partial charge in [-0.05, 0) is 6.07 Å². The zero-order chi connectivity index (χ0) is 10.1. The maximum Gasteiger partial charge on any atom is 0.398 e. The summed E-state index contributed by atoms with van der Waals surface area (Å²) in [6, 6.07) is 4.46. The Balaban J connectivity index is 3.18.